The third kappa shape index (κ3) is 6.26. The van der Waals surface area contributed by atoms with Crippen molar-refractivity contribution in [2.75, 3.05) is 39.3 Å². The summed E-state index contributed by atoms with van der Waals surface area (Å²) in [6.07, 6.45) is -0.374. The Morgan fingerprint density at radius 1 is 1.12 bits per heavy atom. The first-order valence-corrected chi connectivity index (χ1v) is 6.27. The van der Waals surface area contributed by atoms with Crippen LogP contribution in [0.1, 0.15) is 27.7 Å². The highest BCUT2D eigenvalue weighted by atomic mass is 16.6. The SMILES string of the molecule is CC.CCN1CCN(C(=O)OCC(C)=O)CC1. The standard InChI is InChI=1S/C10H18N2O3.C2H6/c1-3-11-4-6-12(7-5-11)10(14)15-8-9(2)13;1-2/h3-8H2,1-2H3;1-2H3. The van der Waals surface area contributed by atoms with Crippen LogP contribution in [0.3, 0.4) is 0 Å². The predicted octanol–water partition coefficient (Wildman–Crippen LogP) is 1.38. The highest BCUT2D eigenvalue weighted by Crippen LogP contribution is 2.03. The molecule has 0 spiro atoms. The molecule has 0 N–H and O–H groups in total. The second-order valence-corrected chi connectivity index (χ2v) is 3.68. The summed E-state index contributed by atoms with van der Waals surface area (Å²) < 4.78 is 4.83. The Morgan fingerprint density at radius 2 is 1.65 bits per heavy atom. The topological polar surface area (TPSA) is 49.9 Å². The van der Waals surface area contributed by atoms with E-state index >= 15 is 0 Å². The Morgan fingerprint density at radius 3 is 2.06 bits per heavy atom. The molecule has 17 heavy (non-hydrogen) atoms. The molecule has 1 aliphatic rings. The Balaban J connectivity index is 0.00000121. The van der Waals surface area contributed by atoms with Crippen molar-refractivity contribution in [3.8, 4) is 0 Å². The van der Waals surface area contributed by atoms with Crippen LogP contribution in [0.4, 0.5) is 4.79 Å². The summed E-state index contributed by atoms with van der Waals surface area (Å²) >= 11 is 0. The number of likely N-dealkylation sites (N-methyl/N-ethyl adjacent to an activating group) is 1. The van der Waals surface area contributed by atoms with E-state index in [4.69, 9.17) is 4.74 Å². The lowest BCUT2D eigenvalue weighted by Crippen LogP contribution is -2.48. The number of carbonyl (C=O) groups excluding carboxylic acids is 2. The van der Waals surface area contributed by atoms with Gasteiger partial charge in [-0.3, -0.25) is 4.79 Å². The molecule has 0 bridgehead atoms. The maximum atomic E-state index is 11.4. The zero-order chi connectivity index (χ0) is 13.3. The largest absolute Gasteiger partial charge is 0.441 e. The van der Waals surface area contributed by atoms with Crippen LogP contribution in [0, 0.1) is 0 Å². The average Bonchev–Trinajstić information content (AvgIpc) is 2.38. The molecule has 1 saturated heterocycles. The van der Waals surface area contributed by atoms with Gasteiger partial charge in [-0.15, -0.1) is 0 Å². The van der Waals surface area contributed by atoms with Gasteiger partial charge in [-0.25, -0.2) is 4.79 Å². The third-order valence-corrected chi connectivity index (χ3v) is 2.48. The van der Waals surface area contributed by atoms with Crippen LogP contribution >= 0.6 is 0 Å². The number of nitrogens with zero attached hydrogens (tertiary/aromatic N) is 2. The summed E-state index contributed by atoms with van der Waals surface area (Å²) in [7, 11) is 0. The molecule has 0 saturated carbocycles. The van der Waals surface area contributed by atoms with Crippen LogP contribution in [-0.2, 0) is 9.53 Å². The third-order valence-electron chi connectivity index (χ3n) is 2.48. The predicted molar refractivity (Wildman–Crippen MR) is 67.1 cm³/mol. The summed E-state index contributed by atoms with van der Waals surface area (Å²) in [5.41, 5.74) is 0. The zero-order valence-corrected chi connectivity index (χ0v) is 11.4. The number of piperazine rings is 1. The Hall–Kier alpha value is -1.10. The van der Waals surface area contributed by atoms with E-state index in [9.17, 15) is 9.59 Å². The summed E-state index contributed by atoms with van der Waals surface area (Å²) in [5.74, 6) is -0.129. The molecule has 0 unspecified atom stereocenters. The van der Waals surface area contributed by atoms with Crippen molar-refractivity contribution < 1.29 is 14.3 Å². The van der Waals surface area contributed by atoms with Gasteiger partial charge < -0.3 is 14.5 Å². The molecule has 0 aromatic heterocycles. The second kappa shape index (κ2) is 8.98. The van der Waals surface area contributed by atoms with Crippen LogP contribution in [-0.4, -0.2) is 61.0 Å². The van der Waals surface area contributed by atoms with E-state index in [-0.39, 0.29) is 18.5 Å². The van der Waals surface area contributed by atoms with Crippen molar-refractivity contribution in [1.82, 2.24) is 9.80 Å². The number of carbonyl (C=O) groups is 2. The molecular weight excluding hydrogens is 220 g/mol. The van der Waals surface area contributed by atoms with E-state index in [1.54, 1.807) is 4.90 Å². The average molecular weight is 244 g/mol. The van der Waals surface area contributed by atoms with Crippen LogP contribution in [0.5, 0.6) is 0 Å². The Labute approximate surface area is 104 Å². The molecule has 5 heteroatoms. The molecular formula is C12H24N2O3. The number of hydrogen-bond donors (Lipinski definition) is 0. The van der Waals surface area contributed by atoms with Crippen molar-refractivity contribution in [2.45, 2.75) is 27.7 Å². The maximum Gasteiger partial charge on any atom is 0.410 e. The molecule has 1 heterocycles. The number of amides is 1. The van der Waals surface area contributed by atoms with Crippen LogP contribution in [0.15, 0.2) is 0 Å². The molecule has 0 aromatic rings. The molecule has 1 amide bonds. The maximum absolute atomic E-state index is 11.4. The monoisotopic (exact) mass is 244 g/mol. The molecule has 0 atom stereocenters. The molecule has 0 aromatic carbocycles. The number of ketones is 1. The highest BCUT2D eigenvalue weighted by molar-refractivity contribution is 5.79. The first-order valence-electron chi connectivity index (χ1n) is 6.27. The van der Waals surface area contributed by atoms with Gasteiger partial charge in [-0.2, -0.15) is 0 Å². The van der Waals surface area contributed by atoms with Gasteiger partial charge in [0, 0.05) is 26.2 Å². The second-order valence-electron chi connectivity index (χ2n) is 3.68. The Kier molecular flexibility index (Phi) is 8.40. The normalized spacial score (nSPS) is 15.9. The number of Topliss-reactive ketones (excluding diaryl/α,β-unsaturated/α-hetero) is 1. The van der Waals surface area contributed by atoms with Crippen LogP contribution in [0.2, 0.25) is 0 Å². The number of hydrogen-bond acceptors (Lipinski definition) is 4. The molecule has 5 nitrogen and oxygen atoms in total. The molecule has 0 radical (unpaired) electrons. The van der Waals surface area contributed by atoms with Gasteiger partial charge in [0.15, 0.2) is 12.4 Å². The van der Waals surface area contributed by atoms with E-state index in [1.807, 2.05) is 13.8 Å². The van der Waals surface area contributed by atoms with Gasteiger partial charge in [0.2, 0.25) is 0 Å². The van der Waals surface area contributed by atoms with Gasteiger partial charge in [-0.1, -0.05) is 20.8 Å². The quantitative estimate of drug-likeness (QED) is 0.752. The fourth-order valence-electron chi connectivity index (χ4n) is 1.50. The lowest BCUT2D eigenvalue weighted by molar-refractivity contribution is -0.120. The van der Waals surface area contributed by atoms with Crippen LogP contribution < -0.4 is 0 Å². The fraction of sp³-hybridized carbons (Fsp3) is 0.833. The van der Waals surface area contributed by atoms with Crippen molar-refractivity contribution >= 4 is 11.9 Å². The fourth-order valence-corrected chi connectivity index (χ4v) is 1.50. The van der Waals surface area contributed by atoms with Crippen LogP contribution in [0.25, 0.3) is 0 Å². The summed E-state index contributed by atoms with van der Waals surface area (Å²) in [6.45, 7) is 11.5. The highest BCUT2D eigenvalue weighted by Gasteiger charge is 2.21. The minimum atomic E-state index is -0.374. The van der Waals surface area contributed by atoms with Gasteiger partial charge in [0.05, 0.1) is 0 Å². The Bertz CT molecular complexity index is 236. The minimum absolute atomic E-state index is 0.118. The van der Waals surface area contributed by atoms with Gasteiger partial charge in [0.1, 0.15) is 0 Å². The van der Waals surface area contributed by atoms with Crippen molar-refractivity contribution in [3.63, 3.8) is 0 Å². The van der Waals surface area contributed by atoms with Crippen molar-refractivity contribution in [3.05, 3.63) is 0 Å². The molecule has 0 aliphatic carbocycles. The van der Waals surface area contributed by atoms with E-state index in [0.717, 1.165) is 19.6 Å². The lowest BCUT2D eigenvalue weighted by atomic mass is 10.3. The van der Waals surface area contributed by atoms with E-state index in [2.05, 4.69) is 11.8 Å². The van der Waals surface area contributed by atoms with Gasteiger partial charge in [0.25, 0.3) is 0 Å². The molecule has 1 aliphatic heterocycles. The van der Waals surface area contributed by atoms with Crippen molar-refractivity contribution in [1.29, 1.82) is 0 Å². The molecule has 1 rings (SSSR count). The van der Waals surface area contributed by atoms with E-state index in [0.29, 0.717) is 13.1 Å². The first kappa shape index (κ1) is 15.9. The van der Waals surface area contributed by atoms with E-state index < -0.39 is 0 Å². The van der Waals surface area contributed by atoms with Crippen molar-refractivity contribution in [2.24, 2.45) is 0 Å². The smallest absolute Gasteiger partial charge is 0.410 e. The summed E-state index contributed by atoms with van der Waals surface area (Å²) in [5, 5.41) is 0. The minimum Gasteiger partial charge on any atom is -0.441 e. The molecule has 100 valence electrons. The first-order chi connectivity index (χ1) is 8.13. The number of ether oxygens (including phenoxy) is 1. The van der Waals surface area contributed by atoms with Gasteiger partial charge in [-0.05, 0) is 13.5 Å². The van der Waals surface area contributed by atoms with E-state index in [1.165, 1.54) is 6.92 Å². The number of rotatable bonds is 3. The van der Waals surface area contributed by atoms with Gasteiger partial charge >= 0.3 is 6.09 Å². The molecule has 1 fully saturated rings. The lowest BCUT2D eigenvalue weighted by Gasteiger charge is -2.33. The zero-order valence-electron chi connectivity index (χ0n) is 11.4. The summed E-state index contributed by atoms with van der Waals surface area (Å²) in [4.78, 5) is 26.0. The summed E-state index contributed by atoms with van der Waals surface area (Å²) in [6, 6.07) is 0.